The summed E-state index contributed by atoms with van der Waals surface area (Å²) in [7, 11) is 0. The van der Waals surface area contributed by atoms with Gasteiger partial charge in [-0.2, -0.15) is 13.2 Å². The Kier molecular flexibility index (Phi) is 3.84. The molecule has 2 aromatic rings. The largest absolute Gasteiger partial charge is 0.423 e. The molecule has 0 aromatic heterocycles. The van der Waals surface area contributed by atoms with Crippen molar-refractivity contribution in [2.24, 2.45) is 0 Å². The summed E-state index contributed by atoms with van der Waals surface area (Å²) < 4.78 is 47.7. The summed E-state index contributed by atoms with van der Waals surface area (Å²) in [5, 5.41) is 0. The highest BCUT2D eigenvalue weighted by Crippen LogP contribution is 2.32. The topological polar surface area (TPSA) is 52.6 Å². The van der Waals surface area contributed by atoms with Crippen molar-refractivity contribution in [3.8, 4) is 5.75 Å². The summed E-state index contributed by atoms with van der Waals surface area (Å²) in [6, 6.07) is 10.4. The lowest BCUT2D eigenvalue weighted by Gasteiger charge is -2.08. The zero-order valence-electron chi connectivity index (χ0n) is 12.0. The highest BCUT2D eigenvalue weighted by atomic mass is 19.4. The molecule has 3 rings (SSSR count). The van der Waals surface area contributed by atoms with E-state index in [0.29, 0.717) is 17.2 Å². The van der Waals surface area contributed by atoms with Gasteiger partial charge in [0, 0.05) is 5.56 Å². The molecule has 122 valence electrons. The molecule has 0 radical (unpaired) electrons. The van der Waals surface area contributed by atoms with E-state index in [1.165, 1.54) is 12.1 Å². The highest BCUT2D eigenvalue weighted by molar-refractivity contribution is 6.06. The van der Waals surface area contributed by atoms with E-state index in [9.17, 15) is 22.8 Å². The summed E-state index contributed by atoms with van der Waals surface area (Å²) in [6.07, 6.45) is -3.62. The molecule has 0 spiro atoms. The van der Waals surface area contributed by atoms with Crippen LogP contribution in [0.1, 0.15) is 21.5 Å². The maximum absolute atomic E-state index is 12.6. The molecule has 7 heteroatoms. The van der Waals surface area contributed by atoms with Crippen LogP contribution in [0.4, 0.5) is 13.2 Å². The normalized spacial score (nSPS) is 15.1. The van der Waals surface area contributed by atoms with E-state index in [-0.39, 0.29) is 11.5 Å². The molecule has 1 heterocycles. The molecule has 4 nitrogen and oxygen atoms in total. The fourth-order valence-electron chi connectivity index (χ4n) is 2.18. The molecular formula is C17H9F3O4. The minimum absolute atomic E-state index is 0.00687. The molecule has 0 unspecified atom stereocenters. The lowest BCUT2D eigenvalue weighted by Crippen LogP contribution is -2.08. The Morgan fingerprint density at radius 2 is 1.75 bits per heavy atom. The number of esters is 2. The quantitative estimate of drug-likeness (QED) is 0.476. The second-order valence-electron chi connectivity index (χ2n) is 4.89. The number of carbonyl (C=O) groups is 2. The molecule has 0 aliphatic carbocycles. The summed E-state index contributed by atoms with van der Waals surface area (Å²) in [5.41, 5.74) is -0.211. The number of rotatable bonds is 2. The van der Waals surface area contributed by atoms with Crippen LogP contribution in [0.5, 0.6) is 5.75 Å². The van der Waals surface area contributed by atoms with Gasteiger partial charge in [0.1, 0.15) is 11.5 Å². The lowest BCUT2D eigenvalue weighted by molar-refractivity contribution is -0.138. The first-order valence-corrected chi connectivity index (χ1v) is 6.77. The van der Waals surface area contributed by atoms with Crippen molar-refractivity contribution in [3.63, 3.8) is 0 Å². The van der Waals surface area contributed by atoms with Crippen molar-refractivity contribution in [3.05, 3.63) is 71.3 Å². The van der Waals surface area contributed by atoms with Crippen molar-refractivity contribution in [2.75, 3.05) is 0 Å². The molecule has 0 saturated heterocycles. The minimum atomic E-state index is -4.54. The highest BCUT2D eigenvalue weighted by Gasteiger charge is 2.31. The maximum atomic E-state index is 12.6. The minimum Gasteiger partial charge on any atom is -0.423 e. The van der Waals surface area contributed by atoms with Crippen LogP contribution in [-0.4, -0.2) is 11.9 Å². The van der Waals surface area contributed by atoms with Gasteiger partial charge in [-0.3, -0.25) is 0 Å². The fraction of sp³-hybridized carbons (Fsp3) is 0.0588. The molecule has 2 aromatic carbocycles. The van der Waals surface area contributed by atoms with E-state index in [0.717, 1.165) is 18.2 Å². The number of hydrogen-bond acceptors (Lipinski definition) is 4. The predicted octanol–water partition coefficient (Wildman–Crippen LogP) is 3.82. The van der Waals surface area contributed by atoms with Gasteiger partial charge in [0.2, 0.25) is 0 Å². The zero-order chi connectivity index (χ0) is 17.3. The molecule has 1 aliphatic heterocycles. The first-order chi connectivity index (χ1) is 11.3. The van der Waals surface area contributed by atoms with Gasteiger partial charge in [-0.05, 0) is 24.3 Å². The van der Waals surface area contributed by atoms with Crippen LogP contribution in [0, 0.1) is 0 Å². The van der Waals surface area contributed by atoms with Crippen LogP contribution in [0.15, 0.2) is 54.6 Å². The Morgan fingerprint density at radius 3 is 2.46 bits per heavy atom. The summed E-state index contributed by atoms with van der Waals surface area (Å²) in [6.45, 7) is 0. The van der Waals surface area contributed by atoms with E-state index >= 15 is 0 Å². The van der Waals surface area contributed by atoms with Gasteiger partial charge in [-0.25, -0.2) is 9.59 Å². The van der Waals surface area contributed by atoms with E-state index in [1.807, 2.05) is 0 Å². The maximum Gasteiger partial charge on any atom is 0.416 e. The third kappa shape index (κ3) is 3.15. The first kappa shape index (κ1) is 15.8. The smallest absolute Gasteiger partial charge is 0.416 e. The van der Waals surface area contributed by atoms with Gasteiger partial charge in [-0.1, -0.05) is 24.3 Å². The number of fused-ring (bicyclic) bond motifs is 1. The molecule has 0 fully saturated rings. The Hall–Kier alpha value is -3.09. The lowest BCUT2D eigenvalue weighted by atomic mass is 10.1. The Morgan fingerprint density at radius 1 is 1.04 bits per heavy atom. The predicted molar refractivity (Wildman–Crippen MR) is 76.9 cm³/mol. The first-order valence-electron chi connectivity index (χ1n) is 6.77. The number of benzene rings is 2. The summed E-state index contributed by atoms with van der Waals surface area (Å²) >= 11 is 0. The molecular weight excluding hydrogens is 325 g/mol. The molecule has 0 amide bonds. The monoisotopic (exact) mass is 334 g/mol. The Bertz CT molecular complexity index is 853. The van der Waals surface area contributed by atoms with Crippen LogP contribution < -0.4 is 4.74 Å². The molecule has 0 atom stereocenters. The van der Waals surface area contributed by atoms with Crippen molar-refractivity contribution in [2.45, 2.75) is 6.18 Å². The van der Waals surface area contributed by atoms with Crippen LogP contribution >= 0.6 is 0 Å². The van der Waals surface area contributed by atoms with Crippen molar-refractivity contribution in [1.29, 1.82) is 0 Å². The Labute approximate surface area is 134 Å². The Balaban J connectivity index is 1.81. The van der Waals surface area contributed by atoms with Crippen LogP contribution in [-0.2, 0) is 15.7 Å². The summed E-state index contributed by atoms with van der Waals surface area (Å²) in [4.78, 5) is 23.5. The third-order valence-electron chi connectivity index (χ3n) is 3.24. The number of ether oxygens (including phenoxy) is 2. The van der Waals surface area contributed by atoms with Crippen LogP contribution in [0.3, 0.4) is 0 Å². The molecule has 24 heavy (non-hydrogen) atoms. The number of cyclic esters (lactones) is 1. The number of halogens is 3. The van der Waals surface area contributed by atoms with Crippen molar-refractivity contribution < 1.29 is 32.2 Å². The van der Waals surface area contributed by atoms with E-state index in [4.69, 9.17) is 9.47 Å². The van der Waals surface area contributed by atoms with Crippen molar-refractivity contribution in [1.82, 2.24) is 0 Å². The number of hydrogen-bond donors (Lipinski definition) is 0. The molecule has 1 aliphatic rings. The zero-order valence-corrected chi connectivity index (χ0v) is 12.0. The van der Waals surface area contributed by atoms with Crippen LogP contribution in [0.2, 0.25) is 0 Å². The van der Waals surface area contributed by atoms with Gasteiger partial charge in [0.05, 0.1) is 17.2 Å². The number of carbonyl (C=O) groups excluding carboxylic acids is 2. The average Bonchev–Trinajstić information content (AvgIpc) is 2.83. The standard InChI is InChI=1S/C17H9F3O4/c18-17(19,20)10-4-3-5-11(8-10)23-15(21)9-14-12-6-1-2-7-13(12)16(22)24-14/h1-9H. The molecule has 0 saturated carbocycles. The van der Waals surface area contributed by atoms with Gasteiger partial charge >= 0.3 is 18.1 Å². The van der Waals surface area contributed by atoms with Gasteiger partial charge in [0.25, 0.3) is 0 Å². The van der Waals surface area contributed by atoms with E-state index in [2.05, 4.69) is 0 Å². The van der Waals surface area contributed by atoms with Gasteiger partial charge < -0.3 is 9.47 Å². The fourth-order valence-corrected chi connectivity index (χ4v) is 2.18. The van der Waals surface area contributed by atoms with E-state index < -0.39 is 23.7 Å². The third-order valence-corrected chi connectivity index (χ3v) is 3.24. The second-order valence-corrected chi connectivity index (χ2v) is 4.89. The van der Waals surface area contributed by atoms with Gasteiger partial charge in [-0.15, -0.1) is 0 Å². The molecule has 0 bridgehead atoms. The second kappa shape index (κ2) is 5.84. The molecule has 0 N–H and O–H groups in total. The average molecular weight is 334 g/mol. The number of alkyl halides is 3. The van der Waals surface area contributed by atoms with Crippen LogP contribution in [0.25, 0.3) is 5.76 Å². The van der Waals surface area contributed by atoms with Crippen molar-refractivity contribution >= 4 is 17.7 Å². The summed E-state index contributed by atoms with van der Waals surface area (Å²) in [5.74, 6) is -1.82. The van der Waals surface area contributed by atoms with Gasteiger partial charge in [0.15, 0.2) is 0 Å². The van der Waals surface area contributed by atoms with E-state index in [1.54, 1.807) is 18.2 Å². The SMILES string of the molecule is O=C(C=C1OC(=O)c2ccccc21)Oc1cccc(C(F)(F)F)c1.